The maximum Gasteiger partial charge on any atom is 0.0109 e. The van der Waals surface area contributed by atoms with E-state index in [1.807, 2.05) is 0 Å². The largest absolute Gasteiger partial charge is 0.327 e. The van der Waals surface area contributed by atoms with Crippen LogP contribution in [0.1, 0.15) is 33.6 Å². The highest BCUT2D eigenvalue weighted by Gasteiger charge is 2.21. The van der Waals surface area contributed by atoms with Gasteiger partial charge >= 0.3 is 0 Å². The summed E-state index contributed by atoms with van der Waals surface area (Å²) in [6, 6.07) is 0.313. The van der Waals surface area contributed by atoms with Crippen LogP contribution in [0.15, 0.2) is 0 Å². The summed E-state index contributed by atoms with van der Waals surface area (Å²) >= 11 is 0. The molecule has 1 aliphatic heterocycles. The van der Waals surface area contributed by atoms with Gasteiger partial charge in [0.2, 0.25) is 0 Å². The Kier molecular flexibility index (Phi) is 5.22. The van der Waals surface area contributed by atoms with Crippen LogP contribution in [0.5, 0.6) is 0 Å². The lowest BCUT2D eigenvalue weighted by Gasteiger charge is -2.29. The second-order valence-corrected chi connectivity index (χ2v) is 6.26. The first kappa shape index (κ1) is 13.9. The molecule has 0 radical (unpaired) electrons. The normalized spacial score (nSPS) is 23.1. The minimum Gasteiger partial charge on any atom is -0.327 e. The summed E-state index contributed by atoms with van der Waals surface area (Å²) in [4.78, 5) is 4.98. The second-order valence-electron chi connectivity index (χ2n) is 6.26. The quantitative estimate of drug-likeness (QED) is 0.791. The molecule has 1 saturated heterocycles. The van der Waals surface area contributed by atoms with E-state index in [-0.39, 0.29) is 5.41 Å². The van der Waals surface area contributed by atoms with Crippen molar-refractivity contribution in [1.29, 1.82) is 0 Å². The fourth-order valence-corrected chi connectivity index (χ4v) is 2.08. The molecule has 0 aliphatic carbocycles. The lowest BCUT2D eigenvalue weighted by atomic mass is 9.85. The summed E-state index contributed by atoms with van der Waals surface area (Å²) in [6.07, 6.45) is 2.41. The summed E-state index contributed by atoms with van der Waals surface area (Å²) < 4.78 is 0. The van der Waals surface area contributed by atoms with Crippen molar-refractivity contribution in [3.63, 3.8) is 0 Å². The molecule has 3 heteroatoms. The number of nitrogens with zero attached hydrogens (tertiary/aromatic N) is 2. The monoisotopic (exact) mass is 227 g/mol. The molecule has 0 aromatic rings. The lowest BCUT2D eigenvalue weighted by Crippen LogP contribution is -2.39. The molecule has 1 atom stereocenters. The van der Waals surface area contributed by atoms with E-state index in [4.69, 9.17) is 5.73 Å². The molecule has 0 saturated carbocycles. The van der Waals surface area contributed by atoms with Crippen molar-refractivity contribution < 1.29 is 0 Å². The van der Waals surface area contributed by atoms with Crippen molar-refractivity contribution in [3.8, 4) is 0 Å². The molecule has 96 valence electrons. The van der Waals surface area contributed by atoms with Crippen LogP contribution in [0.2, 0.25) is 0 Å². The highest BCUT2D eigenvalue weighted by molar-refractivity contribution is 4.78. The Morgan fingerprint density at radius 3 is 2.44 bits per heavy atom. The summed E-state index contributed by atoms with van der Waals surface area (Å²) in [5.41, 5.74) is 6.44. The molecule has 1 fully saturated rings. The van der Waals surface area contributed by atoms with E-state index in [1.165, 1.54) is 32.6 Å². The van der Waals surface area contributed by atoms with Crippen molar-refractivity contribution >= 4 is 0 Å². The molecule has 1 unspecified atom stereocenters. The van der Waals surface area contributed by atoms with Crippen LogP contribution in [0.4, 0.5) is 0 Å². The standard InChI is InChI=1S/C13H29N3/c1-13(2,3)12(14)6-9-16-8-5-7-15(4)10-11-16/h12H,5-11,14H2,1-4H3. The average Bonchev–Trinajstić information content (AvgIpc) is 2.38. The molecule has 0 amide bonds. The Morgan fingerprint density at radius 1 is 1.12 bits per heavy atom. The highest BCUT2D eigenvalue weighted by Crippen LogP contribution is 2.20. The molecule has 2 N–H and O–H groups in total. The van der Waals surface area contributed by atoms with Gasteiger partial charge in [-0.15, -0.1) is 0 Å². The number of rotatable bonds is 3. The van der Waals surface area contributed by atoms with Crippen molar-refractivity contribution in [2.24, 2.45) is 11.1 Å². The number of hydrogen-bond acceptors (Lipinski definition) is 3. The Bertz CT molecular complexity index is 198. The van der Waals surface area contributed by atoms with Gasteiger partial charge in [0.05, 0.1) is 0 Å². The highest BCUT2D eigenvalue weighted by atomic mass is 15.2. The lowest BCUT2D eigenvalue weighted by molar-refractivity contribution is 0.231. The van der Waals surface area contributed by atoms with Gasteiger partial charge in [-0.25, -0.2) is 0 Å². The zero-order valence-electron chi connectivity index (χ0n) is 11.5. The van der Waals surface area contributed by atoms with Crippen LogP contribution >= 0.6 is 0 Å². The van der Waals surface area contributed by atoms with Crippen molar-refractivity contribution in [3.05, 3.63) is 0 Å². The smallest absolute Gasteiger partial charge is 0.0109 e. The Hall–Kier alpha value is -0.120. The minimum absolute atomic E-state index is 0.239. The minimum atomic E-state index is 0.239. The van der Waals surface area contributed by atoms with E-state index >= 15 is 0 Å². The summed E-state index contributed by atoms with van der Waals surface area (Å²) in [5, 5.41) is 0. The van der Waals surface area contributed by atoms with Gasteiger partial charge in [-0.05, 0) is 44.9 Å². The van der Waals surface area contributed by atoms with Gasteiger partial charge in [0.15, 0.2) is 0 Å². The Morgan fingerprint density at radius 2 is 1.81 bits per heavy atom. The van der Waals surface area contributed by atoms with E-state index in [1.54, 1.807) is 0 Å². The van der Waals surface area contributed by atoms with Gasteiger partial charge in [0, 0.05) is 19.1 Å². The summed E-state index contributed by atoms with van der Waals surface area (Å²) in [7, 11) is 2.21. The zero-order valence-corrected chi connectivity index (χ0v) is 11.5. The molecule has 0 bridgehead atoms. The van der Waals surface area contributed by atoms with Gasteiger partial charge in [0.25, 0.3) is 0 Å². The van der Waals surface area contributed by atoms with Crippen LogP contribution in [0.3, 0.4) is 0 Å². The van der Waals surface area contributed by atoms with E-state index in [9.17, 15) is 0 Å². The molecule has 0 spiro atoms. The van der Waals surface area contributed by atoms with E-state index < -0.39 is 0 Å². The van der Waals surface area contributed by atoms with E-state index in [0.29, 0.717) is 6.04 Å². The maximum atomic E-state index is 6.20. The van der Waals surface area contributed by atoms with Crippen LogP contribution in [-0.4, -0.2) is 55.6 Å². The molecular formula is C13H29N3. The maximum absolute atomic E-state index is 6.20. The van der Waals surface area contributed by atoms with Crippen molar-refractivity contribution in [1.82, 2.24) is 9.80 Å². The SMILES string of the molecule is CN1CCCN(CCC(N)C(C)(C)C)CC1. The number of nitrogens with two attached hydrogens (primary N) is 1. The number of hydrogen-bond donors (Lipinski definition) is 1. The van der Waals surface area contributed by atoms with Gasteiger partial charge in [-0.3, -0.25) is 0 Å². The fraction of sp³-hybridized carbons (Fsp3) is 1.00. The van der Waals surface area contributed by atoms with Gasteiger partial charge in [-0.2, -0.15) is 0 Å². The molecule has 16 heavy (non-hydrogen) atoms. The summed E-state index contributed by atoms with van der Waals surface area (Å²) in [6.45, 7) is 12.7. The fourth-order valence-electron chi connectivity index (χ4n) is 2.08. The van der Waals surface area contributed by atoms with Crippen LogP contribution in [-0.2, 0) is 0 Å². The summed E-state index contributed by atoms with van der Waals surface area (Å²) in [5.74, 6) is 0. The van der Waals surface area contributed by atoms with E-state index in [0.717, 1.165) is 13.0 Å². The first-order valence-electron chi connectivity index (χ1n) is 6.56. The van der Waals surface area contributed by atoms with Gasteiger partial charge in [0.1, 0.15) is 0 Å². The third-order valence-corrected chi connectivity index (χ3v) is 3.68. The topological polar surface area (TPSA) is 32.5 Å². The van der Waals surface area contributed by atoms with Crippen LogP contribution < -0.4 is 5.73 Å². The first-order chi connectivity index (χ1) is 7.39. The molecule has 0 aromatic carbocycles. The van der Waals surface area contributed by atoms with Gasteiger partial charge in [-0.1, -0.05) is 20.8 Å². The van der Waals surface area contributed by atoms with Crippen LogP contribution in [0.25, 0.3) is 0 Å². The molecule has 0 aromatic heterocycles. The van der Waals surface area contributed by atoms with Crippen molar-refractivity contribution in [2.45, 2.75) is 39.7 Å². The first-order valence-corrected chi connectivity index (χ1v) is 6.56. The molecule has 1 rings (SSSR count). The number of likely N-dealkylation sites (N-methyl/N-ethyl adjacent to an activating group) is 1. The average molecular weight is 227 g/mol. The molecule has 3 nitrogen and oxygen atoms in total. The third kappa shape index (κ3) is 4.81. The Labute approximate surface area is 101 Å². The molecular weight excluding hydrogens is 198 g/mol. The second kappa shape index (κ2) is 5.99. The molecule has 1 aliphatic rings. The van der Waals surface area contributed by atoms with E-state index in [2.05, 4.69) is 37.6 Å². The molecule has 1 heterocycles. The third-order valence-electron chi connectivity index (χ3n) is 3.68. The van der Waals surface area contributed by atoms with Crippen LogP contribution in [0, 0.1) is 5.41 Å². The van der Waals surface area contributed by atoms with Gasteiger partial charge < -0.3 is 15.5 Å². The Balaban J connectivity index is 2.27. The predicted molar refractivity (Wildman–Crippen MR) is 70.6 cm³/mol. The predicted octanol–water partition coefficient (Wildman–Crippen LogP) is 1.39. The zero-order chi connectivity index (χ0) is 12.2. The van der Waals surface area contributed by atoms with Crippen molar-refractivity contribution in [2.75, 3.05) is 39.8 Å².